The van der Waals surface area contributed by atoms with Gasteiger partial charge in [0.15, 0.2) is 17.1 Å². The van der Waals surface area contributed by atoms with Gasteiger partial charge in [-0.05, 0) is 49.1 Å². The Morgan fingerprint density at radius 3 is 2.82 bits per heavy atom. The lowest BCUT2D eigenvalue weighted by molar-refractivity contribution is 0.158. The second kappa shape index (κ2) is 10.3. The van der Waals surface area contributed by atoms with Crippen LogP contribution in [0.15, 0.2) is 53.7 Å². The molecule has 2 aliphatic heterocycles. The van der Waals surface area contributed by atoms with Gasteiger partial charge in [-0.1, -0.05) is 0 Å². The third-order valence-electron chi connectivity index (χ3n) is 7.84. The Labute approximate surface area is 224 Å². The van der Waals surface area contributed by atoms with Gasteiger partial charge in [0, 0.05) is 73.7 Å². The molecule has 2 N–H and O–H groups in total. The molecule has 39 heavy (non-hydrogen) atoms. The Morgan fingerprint density at radius 2 is 2.03 bits per heavy atom. The molecule has 0 radical (unpaired) electrons. The lowest BCUT2D eigenvalue weighted by Crippen LogP contribution is -2.48. The summed E-state index contributed by atoms with van der Waals surface area (Å²) in [6, 6.07) is 8.80. The van der Waals surface area contributed by atoms with Crippen LogP contribution in [0.4, 0.5) is 20.3 Å². The van der Waals surface area contributed by atoms with Gasteiger partial charge in [0.1, 0.15) is 5.82 Å². The number of piperidine rings is 1. The van der Waals surface area contributed by atoms with Crippen molar-refractivity contribution < 1.29 is 13.5 Å². The average molecular weight is 533 g/mol. The van der Waals surface area contributed by atoms with Crippen LogP contribution in [0.3, 0.4) is 0 Å². The van der Waals surface area contributed by atoms with E-state index < -0.39 is 11.6 Å². The number of hydrogen-bond acceptors (Lipinski definition) is 7. The summed E-state index contributed by atoms with van der Waals surface area (Å²) in [6.45, 7) is 3.10. The van der Waals surface area contributed by atoms with Gasteiger partial charge in [-0.25, -0.2) is 18.7 Å². The number of pyridine rings is 3. The molecule has 8 nitrogen and oxygen atoms in total. The number of aromatic nitrogens is 3. The van der Waals surface area contributed by atoms with Crippen molar-refractivity contribution in [3.05, 3.63) is 87.5 Å². The van der Waals surface area contributed by atoms with E-state index in [4.69, 9.17) is 10.5 Å². The Hall–Kier alpha value is -4.05. The number of methoxy groups -OCH3 is 1. The molecule has 1 atom stereocenters. The molecule has 4 aromatic rings. The average Bonchev–Trinajstić information content (AvgIpc) is 3.38. The van der Waals surface area contributed by atoms with Crippen molar-refractivity contribution in [2.45, 2.75) is 44.9 Å². The maximum Gasteiger partial charge on any atom is 0.213 e. The second-order valence-corrected chi connectivity index (χ2v) is 10.3. The summed E-state index contributed by atoms with van der Waals surface area (Å²) in [5.41, 5.74) is 8.91. The molecule has 0 aliphatic carbocycles. The fourth-order valence-electron chi connectivity index (χ4n) is 5.90. The van der Waals surface area contributed by atoms with Crippen LogP contribution in [-0.4, -0.2) is 45.7 Å². The van der Waals surface area contributed by atoms with Crippen LogP contribution < -0.4 is 20.8 Å². The second-order valence-electron chi connectivity index (χ2n) is 10.3. The van der Waals surface area contributed by atoms with Gasteiger partial charge in [-0.3, -0.25) is 9.69 Å². The zero-order valence-corrected chi connectivity index (χ0v) is 21.7. The molecular formula is C29H30F2N6O2. The lowest BCUT2D eigenvalue weighted by Gasteiger charge is -2.40. The standard InChI is InChI=1S/C29H30F2N6O2/c1-39-26-11-18(6-8-33-26)14-37(21-3-2-9-35(17-21)20-4-5-25(32)34-13-20)16-19-15-36-10-7-22-27(31)24(30)12-23(28(22)36)29(19)38/h4-6,8,11-13,15,21H,2-3,7,9-10,14,16-17H2,1H3,(H2,32,34)/t21-/m0/s1. The van der Waals surface area contributed by atoms with Crippen LogP contribution in [0.25, 0.3) is 10.9 Å². The van der Waals surface area contributed by atoms with Crippen molar-refractivity contribution >= 4 is 22.4 Å². The van der Waals surface area contributed by atoms with Crippen LogP contribution in [0, 0.1) is 11.6 Å². The van der Waals surface area contributed by atoms with E-state index in [1.165, 1.54) is 0 Å². The van der Waals surface area contributed by atoms with E-state index in [1.54, 1.807) is 25.6 Å². The topological polar surface area (TPSA) is 89.5 Å². The minimum atomic E-state index is -0.971. The van der Waals surface area contributed by atoms with E-state index in [2.05, 4.69) is 19.8 Å². The van der Waals surface area contributed by atoms with Crippen LogP contribution in [0.1, 0.15) is 29.5 Å². The van der Waals surface area contributed by atoms with Gasteiger partial charge in [-0.15, -0.1) is 0 Å². The molecule has 202 valence electrons. The summed E-state index contributed by atoms with van der Waals surface area (Å²) in [7, 11) is 1.58. The van der Waals surface area contributed by atoms with Gasteiger partial charge < -0.3 is 19.9 Å². The van der Waals surface area contributed by atoms with E-state index in [0.717, 1.165) is 43.2 Å². The summed E-state index contributed by atoms with van der Waals surface area (Å²) in [4.78, 5) is 26.7. The molecule has 6 rings (SSSR count). The smallest absolute Gasteiger partial charge is 0.213 e. The molecule has 3 aromatic heterocycles. The lowest BCUT2D eigenvalue weighted by atomic mass is 10.0. The minimum Gasteiger partial charge on any atom is -0.481 e. The molecule has 0 amide bonds. The monoisotopic (exact) mass is 532 g/mol. The Morgan fingerprint density at radius 1 is 1.15 bits per heavy atom. The first-order valence-corrected chi connectivity index (χ1v) is 13.1. The Kier molecular flexibility index (Phi) is 6.64. The molecule has 0 bridgehead atoms. The zero-order chi connectivity index (χ0) is 27.1. The predicted molar refractivity (Wildman–Crippen MR) is 146 cm³/mol. The van der Waals surface area contributed by atoms with Gasteiger partial charge >= 0.3 is 0 Å². The number of anilines is 2. The summed E-state index contributed by atoms with van der Waals surface area (Å²) >= 11 is 0. The highest BCUT2D eigenvalue weighted by Crippen LogP contribution is 2.30. The first-order chi connectivity index (χ1) is 18.9. The van der Waals surface area contributed by atoms with Gasteiger partial charge in [0.25, 0.3) is 0 Å². The highest BCUT2D eigenvalue weighted by Gasteiger charge is 2.29. The molecule has 5 heterocycles. The molecule has 10 heteroatoms. The number of ether oxygens (including phenoxy) is 1. The third-order valence-corrected chi connectivity index (χ3v) is 7.84. The summed E-state index contributed by atoms with van der Waals surface area (Å²) in [5, 5.41) is 0.239. The maximum absolute atomic E-state index is 14.4. The van der Waals surface area contributed by atoms with Crippen molar-refractivity contribution in [3.8, 4) is 5.88 Å². The number of nitrogen functional groups attached to an aromatic ring is 1. The number of rotatable bonds is 7. The number of aryl methyl sites for hydroxylation is 2. The van der Waals surface area contributed by atoms with Crippen molar-refractivity contribution in [1.82, 2.24) is 19.4 Å². The SMILES string of the molecule is COc1cc(CN(Cc2cn3c4c(c(F)c(F)cc4c2=O)CC3)[C@H]2CCCN(c3ccc(N)nc3)C2)ccn1. The third kappa shape index (κ3) is 4.80. The van der Waals surface area contributed by atoms with Crippen LogP contribution >= 0.6 is 0 Å². The molecule has 0 saturated carbocycles. The van der Waals surface area contributed by atoms with Gasteiger partial charge in [0.2, 0.25) is 5.88 Å². The number of halogens is 2. The molecule has 1 aromatic carbocycles. The summed E-state index contributed by atoms with van der Waals surface area (Å²) < 4.78 is 36.1. The first-order valence-electron chi connectivity index (χ1n) is 13.1. The van der Waals surface area contributed by atoms with E-state index in [-0.39, 0.29) is 22.4 Å². The fraction of sp³-hybridized carbons (Fsp3) is 0.345. The number of hydrogen-bond donors (Lipinski definition) is 1. The molecule has 0 unspecified atom stereocenters. The van der Waals surface area contributed by atoms with Crippen molar-refractivity contribution in [3.63, 3.8) is 0 Å². The normalized spacial score (nSPS) is 16.8. The van der Waals surface area contributed by atoms with E-state index in [9.17, 15) is 13.6 Å². The summed E-state index contributed by atoms with van der Waals surface area (Å²) in [5.74, 6) is -0.825. The molecule has 0 spiro atoms. The van der Waals surface area contributed by atoms with Crippen LogP contribution in [0.2, 0.25) is 0 Å². The van der Waals surface area contributed by atoms with Crippen LogP contribution in [0.5, 0.6) is 5.88 Å². The van der Waals surface area contributed by atoms with Crippen molar-refractivity contribution in [2.24, 2.45) is 0 Å². The fourth-order valence-corrected chi connectivity index (χ4v) is 5.90. The van der Waals surface area contributed by atoms with Crippen molar-refractivity contribution in [2.75, 3.05) is 30.8 Å². The number of nitrogens with two attached hydrogens (primary N) is 1. The Balaban J connectivity index is 1.36. The highest BCUT2D eigenvalue weighted by atomic mass is 19.2. The Bertz CT molecular complexity index is 1590. The highest BCUT2D eigenvalue weighted by molar-refractivity contribution is 5.84. The van der Waals surface area contributed by atoms with E-state index in [1.807, 2.05) is 29.0 Å². The molecule has 1 saturated heterocycles. The molecule has 1 fully saturated rings. The van der Waals surface area contributed by atoms with E-state index in [0.29, 0.717) is 48.8 Å². The quantitative estimate of drug-likeness (QED) is 0.386. The molecule has 2 aliphatic rings. The number of nitrogens with zero attached hydrogens (tertiary/aromatic N) is 5. The van der Waals surface area contributed by atoms with Gasteiger partial charge in [-0.2, -0.15) is 0 Å². The van der Waals surface area contributed by atoms with Crippen LogP contribution in [-0.2, 0) is 26.1 Å². The maximum atomic E-state index is 14.4. The largest absolute Gasteiger partial charge is 0.481 e. The minimum absolute atomic E-state index is 0.129. The summed E-state index contributed by atoms with van der Waals surface area (Å²) in [6.07, 6.45) is 7.62. The number of benzene rings is 1. The van der Waals surface area contributed by atoms with Gasteiger partial charge in [0.05, 0.1) is 24.5 Å². The predicted octanol–water partition coefficient (Wildman–Crippen LogP) is 3.89. The zero-order valence-electron chi connectivity index (χ0n) is 21.7. The van der Waals surface area contributed by atoms with Crippen molar-refractivity contribution in [1.29, 1.82) is 0 Å². The molecular weight excluding hydrogens is 502 g/mol. The first kappa shape index (κ1) is 25.2. The van der Waals surface area contributed by atoms with E-state index >= 15 is 0 Å².